The smallest absolute Gasteiger partial charge is 0.165 e. The van der Waals surface area contributed by atoms with Crippen LogP contribution in [-0.4, -0.2) is 20.4 Å². The summed E-state index contributed by atoms with van der Waals surface area (Å²) in [6.45, 7) is 6.37. The van der Waals surface area contributed by atoms with Gasteiger partial charge in [0, 0.05) is 29.0 Å². The quantitative estimate of drug-likeness (QED) is 0.640. The summed E-state index contributed by atoms with van der Waals surface area (Å²) < 4.78 is 2.04. The number of aromatic nitrogens is 3. The molecule has 1 N–H and O–H groups in total. The van der Waals surface area contributed by atoms with Gasteiger partial charge >= 0.3 is 0 Å². The molecule has 1 aromatic carbocycles. The van der Waals surface area contributed by atoms with Crippen LogP contribution >= 0.6 is 23.2 Å². The van der Waals surface area contributed by atoms with E-state index in [1.54, 1.807) is 12.3 Å². The van der Waals surface area contributed by atoms with Crippen molar-refractivity contribution < 1.29 is 0 Å². The average Bonchev–Trinajstić information content (AvgIpc) is 2.88. The van der Waals surface area contributed by atoms with Crippen LogP contribution in [0, 0.1) is 6.92 Å². The summed E-state index contributed by atoms with van der Waals surface area (Å²) >= 11 is 12.4. The molecule has 2 aromatic heterocycles. The number of halogens is 2. The molecule has 0 fully saturated rings. The molecule has 3 rings (SSSR count). The largest absolute Gasteiger partial charge is 0.367 e. The van der Waals surface area contributed by atoms with Crippen molar-refractivity contribution >= 4 is 34.7 Å². The second-order valence-corrected chi connectivity index (χ2v) is 6.64. The highest BCUT2D eigenvalue weighted by Gasteiger charge is 2.17. The molecule has 2 heterocycles. The molecule has 0 amide bonds. The third kappa shape index (κ3) is 3.08. The van der Waals surface area contributed by atoms with Crippen molar-refractivity contribution in [2.45, 2.75) is 39.7 Å². The lowest BCUT2D eigenvalue weighted by Crippen LogP contribution is -2.18. The molecule has 0 saturated carbocycles. The van der Waals surface area contributed by atoms with E-state index >= 15 is 0 Å². The van der Waals surface area contributed by atoms with Gasteiger partial charge in [-0.3, -0.25) is 9.38 Å². The topological polar surface area (TPSA) is 42.2 Å². The Morgan fingerprint density at radius 3 is 2.62 bits per heavy atom. The van der Waals surface area contributed by atoms with Crippen LogP contribution in [0.3, 0.4) is 0 Å². The standard InChI is InChI=1S/C18H20Cl2N4/c1-4-13(5-2)23-17-11(3)22-18-16(21-8-9-24(17)18)14-7-6-12(19)10-15(14)20/h6-10,13,23H,4-5H2,1-3H3. The molecule has 0 unspecified atom stereocenters. The van der Waals surface area contributed by atoms with E-state index < -0.39 is 0 Å². The first-order valence-electron chi connectivity index (χ1n) is 8.10. The highest BCUT2D eigenvalue weighted by Crippen LogP contribution is 2.32. The maximum Gasteiger partial charge on any atom is 0.165 e. The number of anilines is 1. The van der Waals surface area contributed by atoms with Gasteiger partial charge in [-0.25, -0.2) is 4.98 Å². The predicted molar refractivity (Wildman–Crippen MR) is 101 cm³/mol. The van der Waals surface area contributed by atoms with Crippen molar-refractivity contribution in [1.82, 2.24) is 14.4 Å². The molecule has 0 bridgehead atoms. The molecule has 0 spiro atoms. The Balaban J connectivity index is 2.15. The number of rotatable bonds is 5. The van der Waals surface area contributed by atoms with Gasteiger partial charge in [-0.05, 0) is 38.0 Å². The molecule has 0 aliphatic rings. The first-order valence-corrected chi connectivity index (χ1v) is 8.86. The van der Waals surface area contributed by atoms with Crippen LogP contribution in [0.25, 0.3) is 16.9 Å². The summed E-state index contributed by atoms with van der Waals surface area (Å²) in [4.78, 5) is 9.22. The Labute approximate surface area is 151 Å². The molecule has 0 radical (unpaired) electrons. The van der Waals surface area contributed by atoms with E-state index in [9.17, 15) is 0 Å². The number of fused-ring (bicyclic) bond motifs is 1. The molecule has 0 aliphatic carbocycles. The van der Waals surface area contributed by atoms with E-state index in [-0.39, 0.29) is 0 Å². The second-order valence-electron chi connectivity index (χ2n) is 5.80. The zero-order chi connectivity index (χ0) is 17.3. The van der Waals surface area contributed by atoms with Gasteiger partial charge in [0.2, 0.25) is 0 Å². The Kier molecular flexibility index (Phi) is 4.97. The van der Waals surface area contributed by atoms with E-state index in [1.165, 1.54) is 0 Å². The van der Waals surface area contributed by atoms with Crippen molar-refractivity contribution in [3.8, 4) is 11.3 Å². The van der Waals surface area contributed by atoms with E-state index in [2.05, 4.69) is 24.1 Å². The molecule has 4 nitrogen and oxygen atoms in total. The maximum atomic E-state index is 6.36. The van der Waals surface area contributed by atoms with Gasteiger partial charge < -0.3 is 5.32 Å². The van der Waals surface area contributed by atoms with Crippen LogP contribution in [0.2, 0.25) is 10.0 Å². The monoisotopic (exact) mass is 362 g/mol. The highest BCUT2D eigenvalue weighted by molar-refractivity contribution is 6.36. The summed E-state index contributed by atoms with van der Waals surface area (Å²) in [5.41, 5.74) is 3.31. The van der Waals surface area contributed by atoms with Crippen molar-refractivity contribution in [1.29, 1.82) is 0 Å². The highest BCUT2D eigenvalue weighted by atomic mass is 35.5. The lowest BCUT2D eigenvalue weighted by atomic mass is 10.1. The van der Waals surface area contributed by atoms with Gasteiger partial charge in [0.05, 0.1) is 10.7 Å². The van der Waals surface area contributed by atoms with Crippen molar-refractivity contribution in [2.75, 3.05) is 5.32 Å². The molecule has 24 heavy (non-hydrogen) atoms. The molecule has 126 valence electrons. The number of benzene rings is 1. The van der Waals surface area contributed by atoms with E-state index in [0.29, 0.717) is 16.1 Å². The molecular weight excluding hydrogens is 343 g/mol. The summed E-state index contributed by atoms with van der Waals surface area (Å²) in [6.07, 6.45) is 5.81. The second kappa shape index (κ2) is 6.99. The van der Waals surface area contributed by atoms with Crippen molar-refractivity contribution in [3.63, 3.8) is 0 Å². The Hall–Kier alpha value is -1.78. The summed E-state index contributed by atoms with van der Waals surface area (Å²) in [5.74, 6) is 1.01. The number of hydrogen-bond acceptors (Lipinski definition) is 3. The van der Waals surface area contributed by atoms with Gasteiger partial charge in [-0.15, -0.1) is 0 Å². The average molecular weight is 363 g/mol. The first-order chi connectivity index (χ1) is 11.5. The molecule has 0 atom stereocenters. The fourth-order valence-corrected chi connectivity index (χ4v) is 3.32. The van der Waals surface area contributed by atoms with E-state index in [0.717, 1.165) is 41.3 Å². The first kappa shape index (κ1) is 17.1. The lowest BCUT2D eigenvalue weighted by molar-refractivity contribution is 0.667. The minimum Gasteiger partial charge on any atom is -0.367 e. The zero-order valence-corrected chi connectivity index (χ0v) is 15.5. The van der Waals surface area contributed by atoms with Gasteiger partial charge in [-0.2, -0.15) is 0 Å². The molecule has 3 aromatic rings. The van der Waals surface area contributed by atoms with Crippen LogP contribution in [0.4, 0.5) is 5.82 Å². The number of imidazole rings is 1. The number of hydrogen-bond donors (Lipinski definition) is 1. The fourth-order valence-electron chi connectivity index (χ4n) is 2.82. The van der Waals surface area contributed by atoms with Gasteiger partial charge in [0.1, 0.15) is 11.5 Å². The molecular formula is C18H20Cl2N4. The van der Waals surface area contributed by atoms with Crippen molar-refractivity contribution in [3.05, 3.63) is 46.3 Å². The zero-order valence-electron chi connectivity index (χ0n) is 14.0. The summed E-state index contributed by atoms with van der Waals surface area (Å²) in [6, 6.07) is 5.83. The molecule has 0 saturated heterocycles. The van der Waals surface area contributed by atoms with E-state index in [4.69, 9.17) is 28.2 Å². The molecule has 0 aliphatic heterocycles. The minimum absolute atomic E-state index is 0.416. The predicted octanol–water partition coefficient (Wildman–Crippen LogP) is 5.61. The third-order valence-electron chi connectivity index (χ3n) is 4.23. The third-order valence-corrected chi connectivity index (χ3v) is 4.78. The SMILES string of the molecule is CCC(CC)Nc1c(C)nc2c(-c3ccc(Cl)cc3Cl)nccn12. The Morgan fingerprint density at radius 2 is 1.96 bits per heavy atom. The van der Waals surface area contributed by atoms with Crippen LogP contribution in [0.1, 0.15) is 32.4 Å². The summed E-state index contributed by atoms with van der Waals surface area (Å²) in [7, 11) is 0. The Morgan fingerprint density at radius 1 is 1.21 bits per heavy atom. The summed E-state index contributed by atoms with van der Waals surface area (Å²) in [5, 5.41) is 4.76. The molecule has 6 heteroatoms. The number of nitrogens with one attached hydrogen (secondary N) is 1. The van der Waals surface area contributed by atoms with Gasteiger partial charge in [0.25, 0.3) is 0 Å². The van der Waals surface area contributed by atoms with Crippen LogP contribution < -0.4 is 5.32 Å². The Bertz CT molecular complexity index is 869. The minimum atomic E-state index is 0.416. The van der Waals surface area contributed by atoms with Crippen LogP contribution in [-0.2, 0) is 0 Å². The normalized spacial score (nSPS) is 11.4. The van der Waals surface area contributed by atoms with Crippen LogP contribution in [0.15, 0.2) is 30.6 Å². The lowest BCUT2D eigenvalue weighted by Gasteiger charge is -2.16. The van der Waals surface area contributed by atoms with Crippen molar-refractivity contribution in [2.24, 2.45) is 0 Å². The van der Waals surface area contributed by atoms with Crippen LogP contribution in [0.5, 0.6) is 0 Å². The fraction of sp³-hybridized carbons (Fsp3) is 0.333. The van der Waals surface area contributed by atoms with Gasteiger partial charge in [-0.1, -0.05) is 37.0 Å². The number of nitrogens with zero attached hydrogens (tertiary/aromatic N) is 3. The maximum absolute atomic E-state index is 6.36. The number of aryl methyl sites for hydroxylation is 1. The van der Waals surface area contributed by atoms with Gasteiger partial charge in [0.15, 0.2) is 5.65 Å². The van der Waals surface area contributed by atoms with E-state index in [1.807, 2.05) is 29.7 Å².